The maximum absolute atomic E-state index is 12.2. The van der Waals surface area contributed by atoms with Crippen LogP contribution in [0.25, 0.3) is 0 Å². The molecular weight excluding hydrogens is 240 g/mol. The van der Waals surface area contributed by atoms with E-state index in [-0.39, 0.29) is 23.7 Å². The summed E-state index contributed by atoms with van der Waals surface area (Å²) in [6.45, 7) is 9.18. The Kier molecular flexibility index (Phi) is 6.32. The lowest BCUT2D eigenvalue weighted by Gasteiger charge is -2.25. The van der Waals surface area contributed by atoms with Crippen molar-refractivity contribution in [3.05, 3.63) is 0 Å². The minimum Gasteiger partial charge on any atom is -0.354 e. The summed E-state index contributed by atoms with van der Waals surface area (Å²) in [5.74, 6) is 0.475. The molecule has 1 N–H and O–H groups in total. The van der Waals surface area contributed by atoms with Crippen molar-refractivity contribution < 1.29 is 9.59 Å². The average Bonchev–Trinajstić information content (AvgIpc) is 3.25. The molecule has 0 aromatic rings. The second-order valence-electron chi connectivity index (χ2n) is 5.67. The Balaban J connectivity index is 2.39. The fourth-order valence-corrected chi connectivity index (χ4v) is 1.98. The van der Waals surface area contributed by atoms with Crippen molar-refractivity contribution in [3.63, 3.8) is 0 Å². The molecule has 0 spiro atoms. The lowest BCUT2D eigenvalue weighted by Crippen LogP contribution is -2.43. The van der Waals surface area contributed by atoms with E-state index in [0.717, 1.165) is 25.7 Å². The van der Waals surface area contributed by atoms with Gasteiger partial charge in [0.2, 0.25) is 11.8 Å². The van der Waals surface area contributed by atoms with E-state index in [0.29, 0.717) is 19.1 Å². The lowest BCUT2D eigenvalue weighted by molar-refractivity contribution is -0.136. The molecule has 1 aliphatic carbocycles. The molecule has 1 aliphatic rings. The Morgan fingerprint density at radius 1 is 1.16 bits per heavy atom. The van der Waals surface area contributed by atoms with Crippen molar-refractivity contribution in [1.82, 2.24) is 10.2 Å². The van der Waals surface area contributed by atoms with Crippen LogP contribution in [0.5, 0.6) is 0 Å². The van der Waals surface area contributed by atoms with Crippen LogP contribution >= 0.6 is 0 Å². The zero-order chi connectivity index (χ0) is 14.4. The van der Waals surface area contributed by atoms with Gasteiger partial charge in [-0.1, -0.05) is 27.7 Å². The Morgan fingerprint density at radius 3 is 2.21 bits per heavy atom. The fraction of sp³-hybridized carbons (Fsp3) is 0.867. The third-order valence-electron chi connectivity index (χ3n) is 4.02. The first-order valence-corrected chi connectivity index (χ1v) is 7.59. The molecule has 2 atom stereocenters. The van der Waals surface area contributed by atoms with E-state index in [4.69, 9.17) is 0 Å². The van der Waals surface area contributed by atoms with Crippen molar-refractivity contribution in [2.24, 2.45) is 11.8 Å². The highest BCUT2D eigenvalue weighted by Crippen LogP contribution is 2.28. The molecule has 0 radical (unpaired) electrons. The molecule has 1 rings (SSSR count). The average molecular weight is 268 g/mol. The van der Waals surface area contributed by atoms with Crippen LogP contribution in [-0.4, -0.2) is 35.8 Å². The number of nitrogens with one attached hydrogen (secondary N) is 1. The topological polar surface area (TPSA) is 49.4 Å². The van der Waals surface area contributed by atoms with Crippen LogP contribution in [0.4, 0.5) is 0 Å². The minimum atomic E-state index is 0.0552. The van der Waals surface area contributed by atoms with Crippen LogP contribution in [0.2, 0.25) is 0 Å². The molecule has 4 nitrogen and oxygen atoms in total. The van der Waals surface area contributed by atoms with Crippen LogP contribution < -0.4 is 5.32 Å². The highest BCUT2D eigenvalue weighted by atomic mass is 16.2. The van der Waals surface area contributed by atoms with Crippen LogP contribution in [0.3, 0.4) is 0 Å². The van der Waals surface area contributed by atoms with Gasteiger partial charge in [-0.2, -0.15) is 0 Å². The van der Waals surface area contributed by atoms with Gasteiger partial charge in [0, 0.05) is 31.0 Å². The molecule has 1 fully saturated rings. The van der Waals surface area contributed by atoms with E-state index in [2.05, 4.69) is 5.32 Å². The van der Waals surface area contributed by atoms with E-state index < -0.39 is 0 Å². The van der Waals surface area contributed by atoms with Gasteiger partial charge in [0.05, 0.1) is 0 Å². The highest BCUT2D eigenvalue weighted by molar-refractivity contribution is 5.80. The number of rotatable bonds is 8. The molecule has 0 aliphatic heterocycles. The zero-order valence-electron chi connectivity index (χ0n) is 12.7. The molecule has 0 heterocycles. The molecule has 19 heavy (non-hydrogen) atoms. The fourth-order valence-electron chi connectivity index (χ4n) is 1.98. The Bertz CT molecular complexity index is 313. The predicted octanol–water partition coefficient (Wildman–Crippen LogP) is 2.19. The van der Waals surface area contributed by atoms with Gasteiger partial charge in [-0.3, -0.25) is 9.59 Å². The van der Waals surface area contributed by atoms with Gasteiger partial charge < -0.3 is 10.2 Å². The van der Waals surface area contributed by atoms with Gasteiger partial charge in [-0.15, -0.1) is 0 Å². The molecule has 0 aromatic carbocycles. The predicted molar refractivity (Wildman–Crippen MR) is 76.7 cm³/mol. The SMILES string of the molecule is CC[C@@H](C)C(=O)N(CCNC(=O)[C@@H](C)CC)C1CC1. The summed E-state index contributed by atoms with van der Waals surface area (Å²) in [5.41, 5.74) is 0. The van der Waals surface area contributed by atoms with Crippen LogP contribution in [0, 0.1) is 11.8 Å². The highest BCUT2D eigenvalue weighted by Gasteiger charge is 2.33. The van der Waals surface area contributed by atoms with Crippen LogP contribution in [0.1, 0.15) is 53.4 Å². The van der Waals surface area contributed by atoms with Gasteiger partial charge >= 0.3 is 0 Å². The van der Waals surface area contributed by atoms with Gasteiger partial charge in [0.25, 0.3) is 0 Å². The molecule has 2 amide bonds. The van der Waals surface area contributed by atoms with Crippen LogP contribution in [0.15, 0.2) is 0 Å². The lowest BCUT2D eigenvalue weighted by atomic mass is 10.1. The second-order valence-corrected chi connectivity index (χ2v) is 5.67. The number of hydrogen-bond acceptors (Lipinski definition) is 2. The molecule has 0 bridgehead atoms. The Hall–Kier alpha value is -1.06. The maximum Gasteiger partial charge on any atom is 0.225 e. The number of carbonyl (C=O) groups excluding carboxylic acids is 2. The van der Waals surface area contributed by atoms with Gasteiger partial charge in [-0.25, -0.2) is 0 Å². The van der Waals surface area contributed by atoms with E-state index >= 15 is 0 Å². The largest absolute Gasteiger partial charge is 0.354 e. The molecule has 1 saturated carbocycles. The summed E-state index contributed by atoms with van der Waals surface area (Å²) in [6.07, 6.45) is 3.95. The van der Waals surface area contributed by atoms with Crippen LogP contribution in [-0.2, 0) is 9.59 Å². The van der Waals surface area contributed by atoms with Gasteiger partial charge in [0.1, 0.15) is 0 Å². The maximum atomic E-state index is 12.2. The first-order chi connectivity index (χ1) is 9.01. The molecule has 0 aromatic heterocycles. The Labute approximate surface area is 116 Å². The summed E-state index contributed by atoms with van der Waals surface area (Å²) >= 11 is 0. The quantitative estimate of drug-likeness (QED) is 0.733. The summed E-state index contributed by atoms with van der Waals surface area (Å²) < 4.78 is 0. The molecule has 0 unspecified atom stereocenters. The number of amides is 2. The normalized spacial score (nSPS) is 17.7. The summed E-state index contributed by atoms with van der Waals surface area (Å²) in [5, 5.41) is 2.93. The van der Waals surface area contributed by atoms with E-state index in [9.17, 15) is 9.59 Å². The first kappa shape index (κ1) is 16.0. The third-order valence-corrected chi connectivity index (χ3v) is 4.02. The standard InChI is InChI=1S/C15H28N2O2/c1-5-11(3)14(18)16-9-10-17(13-7-8-13)15(19)12(4)6-2/h11-13H,5-10H2,1-4H3,(H,16,18)/t11-,12+/m0/s1. The molecule has 110 valence electrons. The molecule has 4 heteroatoms. The van der Waals surface area contributed by atoms with Crippen molar-refractivity contribution >= 4 is 11.8 Å². The summed E-state index contributed by atoms with van der Waals surface area (Å²) in [7, 11) is 0. The number of carbonyl (C=O) groups is 2. The number of hydrogen-bond donors (Lipinski definition) is 1. The van der Waals surface area contributed by atoms with Gasteiger partial charge in [0.15, 0.2) is 0 Å². The van der Waals surface area contributed by atoms with Crippen molar-refractivity contribution in [2.75, 3.05) is 13.1 Å². The minimum absolute atomic E-state index is 0.0552. The Morgan fingerprint density at radius 2 is 1.74 bits per heavy atom. The first-order valence-electron chi connectivity index (χ1n) is 7.59. The van der Waals surface area contributed by atoms with Crippen molar-refractivity contribution in [2.45, 2.75) is 59.4 Å². The monoisotopic (exact) mass is 268 g/mol. The molecule has 0 saturated heterocycles. The van der Waals surface area contributed by atoms with E-state index in [1.165, 1.54) is 0 Å². The van der Waals surface area contributed by atoms with Crippen molar-refractivity contribution in [3.8, 4) is 0 Å². The second kappa shape index (κ2) is 7.51. The summed E-state index contributed by atoms with van der Waals surface area (Å²) in [4.78, 5) is 25.9. The number of nitrogens with zero attached hydrogens (tertiary/aromatic N) is 1. The van der Waals surface area contributed by atoms with E-state index in [1.807, 2.05) is 32.6 Å². The van der Waals surface area contributed by atoms with Gasteiger partial charge in [-0.05, 0) is 25.7 Å². The smallest absolute Gasteiger partial charge is 0.225 e. The molecular formula is C15H28N2O2. The summed E-state index contributed by atoms with van der Waals surface area (Å²) in [6, 6.07) is 0.419. The van der Waals surface area contributed by atoms with Crippen molar-refractivity contribution in [1.29, 1.82) is 0 Å². The third kappa shape index (κ3) is 4.84. The zero-order valence-corrected chi connectivity index (χ0v) is 12.7. The van der Waals surface area contributed by atoms with E-state index in [1.54, 1.807) is 0 Å².